The first-order valence-electron chi connectivity index (χ1n) is 4.87. The molecule has 0 bridgehead atoms. The Balaban J connectivity index is 2.17. The van der Waals surface area contributed by atoms with Crippen LogP contribution in [0.15, 0.2) is 20.7 Å². The van der Waals surface area contributed by atoms with Crippen LogP contribution in [0.3, 0.4) is 0 Å². The molecule has 0 fully saturated rings. The summed E-state index contributed by atoms with van der Waals surface area (Å²) in [5.74, 6) is -0.442. The maximum absolute atomic E-state index is 11.4. The molecule has 0 saturated carbocycles. The predicted octanol–water partition coefficient (Wildman–Crippen LogP) is 1.00. The normalized spacial score (nSPS) is 10.7. The minimum atomic E-state index is -0.615. The second-order valence-electron chi connectivity index (χ2n) is 3.40. The Hall–Kier alpha value is -2.00. The lowest BCUT2D eigenvalue weighted by atomic mass is 10.3. The fourth-order valence-corrected chi connectivity index (χ4v) is 2.07. The molecule has 0 saturated heterocycles. The van der Waals surface area contributed by atoms with Gasteiger partial charge in [-0.15, -0.1) is 5.10 Å². The van der Waals surface area contributed by atoms with E-state index in [0.29, 0.717) is 5.56 Å². The van der Waals surface area contributed by atoms with E-state index in [-0.39, 0.29) is 24.0 Å². The van der Waals surface area contributed by atoms with Crippen molar-refractivity contribution >= 4 is 16.3 Å². The molecule has 0 aliphatic rings. The minimum Gasteiger partial charge on any atom is -0.390 e. The van der Waals surface area contributed by atoms with E-state index in [2.05, 4.69) is 5.10 Å². The maximum atomic E-state index is 11.4. The van der Waals surface area contributed by atoms with Crippen LogP contribution in [0.2, 0.25) is 0 Å². The van der Waals surface area contributed by atoms with Crippen molar-refractivity contribution in [2.45, 2.75) is 13.2 Å². The van der Waals surface area contributed by atoms with Gasteiger partial charge in [0.05, 0.1) is 11.5 Å². The average molecular weight is 271 g/mol. The van der Waals surface area contributed by atoms with Crippen LogP contribution in [0.5, 0.6) is 0 Å². The van der Waals surface area contributed by atoms with E-state index in [1.807, 2.05) is 0 Å². The van der Waals surface area contributed by atoms with E-state index in [0.717, 1.165) is 16.0 Å². The lowest BCUT2D eigenvalue weighted by molar-refractivity contribution is -0.380. The molecule has 2 rings (SSSR count). The van der Waals surface area contributed by atoms with Crippen molar-refractivity contribution in [3.05, 3.63) is 43.6 Å². The van der Waals surface area contributed by atoms with Gasteiger partial charge in [0.15, 0.2) is 0 Å². The van der Waals surface area contributed by atoms with Crippen molar-refractivity contribution < 1.29 is 14.1 Å². The van der Waals surface area contributed by atoms with Crippen molar-refractivity contribution in [2.24, 2.45) is 0 Å². The summed E-state index contributed by atoms with van der Waals surface area (Å²) in [6.07, 6.45) is 0. The smallest absolute Gasteiger partial charge is 0.390 e. The first-order chi connectivity index (χ1) is 8.60. The highest BCUT2D eigenvalue weighted by atomic mass is 32.1. The molecular weight excluding hydrogens is 262 g/mol. The van der Waals surface area contributed by atoms with Gasteiger partial charge in [-0.25, -0.2) is 4.79 Å². The monoisotopic (exact) mass is 271 g/mol. The average Bonchev–Trinajstić information content (AvgIpc) is 2.88. The number of thiophene rings is 1. The van der Waals surface area contributed by atoms with Gasteiger partial charge in [-0.1, -0.05) is 11.3 Å². The molecule has 2 aromatic rings. The highest BCUT2D eigenvalue weighted by molar-refractivity contribution is 7.13. The summed E-state index contributed by atoms with van der Waals surface area (Å²) in [6, 6.07) is 1.40. The van der Waals surface area contributed by atoms with E-state index in [1.54, 1.807) is 5.38 Å². The molecule has 0 amide bonds. The molecule has 0 aromatic carbocycles. The second kappa shape index (κ2) is 5.10. The van der Waals surface area contributed by atoms with E-state index < -0.39 is 10.7 Å². The summed E-state index contributed by atoms with van der Waals surface area (Å²) < 4.78 is 10.7. The first-order valence-corrected chi connectivity index (χ1v) is 5.75. The third-order valence-electron chi connectivity index (χ3n) is 2.07. The molecular formula is C9H9N3O5S. The van der Waals surface area contributed by atoms with E-state index >= 15 is 0 Å². The summed E-state index contributed by atoms with van der Waals surface area (Å²) in [7, 11) is 1.46. The number of nitro groups is 1. The molecule has 0 spiro atoms. The lowest BCUT2D eigenvalue weighted by Crippen LogP contribution is -2.16. The van der Waals surface area contributed by atoms with Crippen LogP contribution in [-0.2, 0) is 17.9 Å². The first kappa shape index (κ1) is 12.5. The van der Waals surface area contributed by atoms with Crippen molar-refractivity contribution in [2.75, 3.05) is 7.11 Å². The molecule has 9 heteroatoms. The van der Waals surface area contributed by atoms with Crippen LogP contribution in [0.1, 0.15) is 11.5 Å². The molecule has 0 N–H and O–H groups in total. The van der Waals surface area contributed by atoms with Crippen molar-refractivity contribution in [3.63, 3.8) is 0 Å². The van der Waals surface area contributed by atoms with Crippen LogP contribution < -0.4 is 5.76 Å². The van der Waals surface area contributed by atoms with Gasteiger partial charge in [-0.05, 0) is 5.56 Å². The Morgan fingerprint density at radius 3 is 3.06 bits per heavy atom. The Morgan fingerprint density at radius 1 is 1.67 bits per heavy atom. The summed E-state index contributed by atoms with van der Waals surface area (Å²) in [6.45, 7) is 0.239. The summed E-state index contributed by atoms with van der Waals surface area (Å²) in [5.41, 5.74) is 0.631. The molecule has 0 aliphatic carbocycles. The minimum absolute atomic E-state index is 0.0265. The van der Waals surface area contributed by atoms with Crippen LogP contribution >= 0.6 is 11.3 Å². The summed E-state index contributed by atoms with van der Waals surface area (Å²) in [5, 5.41) is 16.0. The maximum Gasteiger partial charge on any atom is 0.437 e. The zero-order chi connectivity index (χ0) is 13.1. The number of nitrogens with zero attached hydrogens (tertiary/aromatic N) is 3. The molecule has 0 radical (unpaired) electrons. The largest absolute Gasteiger partial charge is 0.437 e. The quantitative estimate of drug-likeness (QED) is 0.594. The number of hydrogen-bond donors (Lipinski definition) is 0. The number of hydrogen-bond acceptors (Lipinski definition) is 7. The van der Waals surface area contributed by atoms with Crippen LogP contribution in [0.4, 0.5) is 5.00 Å². The van der Waals surface area contributed by atoms with Crippen LogP contribution in [-0.4, -0.2) is 21.8 Å². The second-order valence-corrected chi connectivity index (χ2v) is 4.29. The fraction of sp³-hybridized carbons (Fsp3) is 0.333. The number of ether oxygens (including phenoxy) is 1. The zero-order valence-electron chi connectivity index (χ0n) is 9.36. The molecule has 2 aromatic heterocycles. The van der Waals surface area contributed by atoms with E-state index in [4.69, 9.17) is 9.15 Å². The molecule has 0 unspecified atom stereocenters. The van der Waals surface area contributed by atoms with Gasteiger partial charge in [0.1, 0.15) is 6.61 Å². The molecule has 18 heavy (non-hydrogen) atoms. The van der Waals surface area contributed by atoms with Crippen LogP contribution in [0.25, 0.3) is 0 Å². The summed E-state index contributed by atoms with van der Waals surface area (Å²) in [4.78, 5) is 21.5. The van der Waals surface area contributed by atoms with Crippen LogP contribution in [0, 0.1) is 10.1 Å². The van der Waals surface area contributed by atoms with Gasteiger partial charge in [-0.2, -0.15) is 4.68 Å². The standard InChI is InChI=1S/C9H9N3O5S/c1-16-4-7-10-11(9(13)17-7)3-6-2-8(12(14)15)18-5-6/h2,5H,3-4H2,1H3. The summed E-state index contributed by atoms with van der Waals surface area (Å²) >= 11 is 1.00. The van der Waals surface area contributed by atoms with Gasteiger partial charge >= 0.3 is 10.8 Å². The van der Waals surface area contributed by atoms with Crippen molar-refractivity contribution in [3.8, 4) is 0 Å². The van der Waals surface area contributed by atoms with E-state index in [9.17, 15) is 14.9 Å². The molecule has 8 nitrogen and oxygen atoms in total. The number of aromatic nitrogens is 2. The molecule has 96 valence electrons. The number of rotatable bonds is 5. The Morgan fingerprint density at radius 2 is 2.44 bits per heavy atom. The number of methoxy groups -OCH3 is 1. The van der Waals surface area contributed by atoms with Crippen molar-refractivity contribution in [1.82, 2.24) is 9.78 Å². The molecule has 0 atom stereocenters. The fourth-order valence-electron chi connectivity index (χ4n) is 1.35. The van der Waals surface area contributed by atoms with Gasteiger partial charge < -0.3 is 9.15 Å². The topological polar surface area (TPSA) is 100 Å². The van der Waals surface area contributed by atoms with Gasteiger partial charge in [0, 0.05) is 18.6 Å². The highest BCUT2D eigenvalue weighted by Gasteiger charge is 2.13. The third-order valence-corrected chi connectivity index (χ3v) is 3.00. The predicted molar refractivity (Wildman–Crippen MR) is 61.6 cm³/mol. The van der Waals surface area contributed by atoms with Crippen molar-refractivity contribution in [1.29, 1.82) is 0 Å². The lowest BCUT2D eigenvalue weighted by Gasteiger charge is -1.93. The Kier molecular flexibility index (Phi) is 3.53. The SMILES string of the molecule is COCc1nn(Cc2csc([N+](=O)[O-])c2)c(=O)o1. The zero-order valence-corrected chi connectivity index (χ0v) is 10.2. The van der Waals surface area contributed by atoms with Gasteiger partial charge in [0.25, 0.3) is 0 Å². The molecule has 2 heterocycles. The molecule has 0 aliphatic heterocycles. The van der Waals surface area contributed by atoms with E-state index in [1.165, 1.54) is 13.2 Å². The highest BCUT2D eigenvalue weighted by Crippen LogP contribution is 2.22. The van der Waals surface area contributed by atoms with Gasteiger partial charge in [-0.3, -0.25) is 10.1 Å². The Bertz CT molecular complexity index is 614. The van der Waals surface area contributed by atoms with Gasteiger partial charge in [0.2, 0.25) is 5.89 Å². The Labute approximate surface area is 105 Å². The third kappa shape index (κ3) is 2.63.